The number of fused-ring (bicyclic) bond motifs is 1. The lowest BCUT2D eigenvalue weighted by Gasteiger charge is -2.31. The third-order valence-corrected chi connectivity index (χ3v) is 2.69. The molecule has 1 aromatic rings. The SMILES string of the molecule is CC1Cc2ccccc2CN1C=O. The standard InChI is InChI=1S/C11H13NO/c1-9-6-10-4-2-3-5-11(10)7-12(9)8-13/h2-5,8-9H,6-7H2,1H3. The van der Waals surface area contributed by atoms with Gasteiger partial charge in [0.1, 0.15) is 0 Å². The highest BCUT2D eigenvalue weighted by molar-refractivity contribution is 5.50. The van der Waals surface area contributed by atoms with Gasteiger partial charge in [-0.3, -0.25) is 4.79 Å². The maximum atomic E-state index is 10.7. The molecule has 2 heteroatoms. The molecule has 0 radical (unpaired) electrons. The molecule has 1 heterocycles. The summed E-state index contributed by atoms with van der Waals surface area (Å²) in [5.41, 5.74) is 2.67. The highest BCUT2D eigenvalue weighted by atomic mass is 16.1. The zero-order valence-electron chi connectivity index (χ0n) is 7.73. The van der Waals surface area contributed by atoms with E-state index in [2.05, 4.69) is 25.1 Å². The van der Waals surface area contributed by atoms with Crippen LogP contribution in [0.2, 0.25) is 0 Å². The Morgan fingerprint density at radius 2 is 2.08 bits per heavy atom. The van der Waals surface area contributed by atoms with E-state index in [0.717, 1.165) is 19.4 Å². The summed E-state index contributed by atoms with van der Waals surface area (Å²) in [4.78, 5) is 12.6. The molecule has 0 N–H and O–H groups in total. The monoisotopic (exact) mass is 175 g/mol. The predicted molar refractivity (Wildman–Crippen MR) is 51.2 cm³/mol. The Kier molecular flexibility index (Phi) is 2.05. The number of carbonyl (C=O) groups is 1. The van der Waals surface area contributed by atoms with Crippen molar-refractivity contribution >= 4 is 6.41 Å². The summed E-state index contributed by atoms with van der Waals surface area (Å²) in [5, 5.41) is 0. The average Bonchev–Trinajstić information content (AvgIpc) is 2.17. The lowest BCUT2D eigenvalue weighted by Crippen LogP contribution is -2.37. The van der Waals surface area contributed by atoms with Gasteiger partial charge in [0.25, 0.3) is 0 Å². The second-order valence-corrected chi connectivity index (χ2v) is 3.60. The summed E-state index contributed by atoms with van der Waals surface area (Å²) >= 11 is 0. The molecule has 0 fully saturated rings. The summed E-state index contributed by atoms with van der Waals surface area (Å²) in [6, 6.07) is 8.67. The minimum absolute atomic E-state index is 0.340. The van der Waals surface area contributed by atoms with Crippen molar-refractivity contribution in [2.45, 2.75) is 25.9 Å². The molecule has 0 aliphatic carbocycles. The molecule has 0 saturated heterocycles. The number of carbonyl (C=O) groups excluding carboxylic acids is 1. The van der Waals surface area contributed by atoms with Gasteiger partial charge in [-0.15, -0.1) is 0 Å². The van der Waals surface area contributed by atoms with E-state index in [0.29, 0.717) is 6.04 Å². The molecule has 1 aromatic carbocycles. The molecule has 0 aromatic heterocycles. The first kappa shape index (κ1) is 8.30. The fraction of sp³-hybridized carbons (Fsp3) is 0.364. The molecular weight excluding hydrogens is 162 g/mol. The van der Waals surface area contributed by atoms with Crippen LogP contribution < -0.4 is 0 Å². The van der Waals surface area contributed by atoms with Crippen LogP contribution in [0.25, 0.3) is 0 Å². The van der Waals surface area contributed by atoms with Gasteiger partial charge in [-0.25, -0.2) is 0 Å². The van der Waals surface area contributed by atoms with Crippen LogP contribution in [0, 0.1) is 0 Å². The molecule has 68 valence electrons. The number of benzene rings is 1. The van der Waals surface area contributed by atoms with Gasteiger partial charge in [0.15, 0.2) is 0 Å². The molecule has 2 nitrogen and oxygen atoms in total. The van der Waals surface area contributed by atoms with E-state index in [4.69, 9.17) is 0 Å². The van der Waals surface area contributed by atoms with Crippen LogP contribution in [0.15, 0.2) is 24.3 Å². The summed E-state index contributed by atoms with van der Waals surface area (Å²) in [6.07, 6.45) is 1.93. The highest BCUT2D eigenvalue weighted by Gasteiger charge is 2.20. The molecule has 1 aliphatic rings. The van der Waals surface area contributed by atoms with Crippen LogP contribution in [0.1, 0.15) is 18.1 Å². The topological polar surface area (TPSA) is 20.3 Å². The van der Waals surface area contributed by atoms with E-state index in [1.54, 1.807) is 0 Å². The minimum Gasteiger partial charge on any atom is -0.338 e. The van der Waals surface area contributed by atoms with Gasteiger partial charge < -0.3 is 4.90 Å². The lowest BCUT2D eigenvalue weighted by atomic mass is 9.95. The predicted octanol–water partition coefficient (Wildman–Crippen LogP) is 1.59. The van der Waals surface area contributed by atoms with Gasteiger partial charge in [-0.2, -0.15) is 0 Å². The second kappa shape index (κ2) is 3.21. The Bertz CT molecular complexity index is 322. The van der Waals surface area contributed by atoms with Crippen LogP contribution in [0.4, 0.5) is 0 Å². The molecule has 1 atom stereocenters. The largest absolute Gasteiger partial charge is 0.338 e. The van der Waals surface area contributed by atoms with Crippen molar-refractivity contribution in [1.29, 1.82) is 0 Å². The molecule has 0 bridgehead atoms. The van der Waals surface area contributed by atoms with Gasteiger partial charge in [-0.05, 0) is 24.5 Å². The number of nitrogens with zero attached hydrogens (tertiary/aromatic N) is 1. The quantitative estimate of drug-likeness (QED) is 0.593. The number of rotatable bonds is 1. The van der Waals surface area contributed by atoms with Crippen molar-refractivity contribution < 1.29 is 4.79 Å². The third kappa shape index (κ3) is 1.44. The van der Waals surface area contributed by atoms with Crippen molar-refractivity contribution in [3.05, 3.63) is 35.4 Å². The summed E-state index contributed by atoms with van der Waals surface area (Å²) in [7, 11) is 0. The van der Waals surface area contributed by atoms with Gasteiger partial charge in [-0.1, -0.05) is 24.3 Å². The summed E-state index contributed by atoms with van der Waals surface area (Å²) in [6.45, 7) is 2.85. The molecule has 1 aliphatic heterocycles. The smallest absolute Gasteiger partial charge is 0.210 e. The molecule has 0 spiro atoms. The van der Waals surface area contributed by atoms with Crippen LogP contribution in [-0.2, 0) is 17.8 Å². The molecule has 13 heavy (non-hydrogen) atoms. The number of hydrogen-bond donors (Lipinski definition) is 0. The van der Waals surface area contributed by atoms with Gasteiger partial charge in [0, 0.05) is 12.6 Å². The maximum absolute atomic E-state index is 10.7. The van der Waals surface area contributed by atoms with Crippen LogP contribution >= 0.6 is 0 Å². The van der Waals surface area contributed by atoms with Gasteiger partial charge in [0.05, 0.1) is 0 Å². The number of hydrogen-bond acceptors (Lipinski definition) is 1. The number of amides is 1. The fourth-order valence-electron chi connectivity index (χ4n) is 1.84. The Morgan fingerprint density at radius 3 is 2.77 bits per heavy atom. The Hall–Kier alpha value is -1.31. The Balaban J connectivity index is 2.32. The van der Waals surface area contributed by atoms with E-state index >= 15 is 0 Å². The zero-order chi connectivity index (χ0) is 9.26. The zero-order valence-corrected chi connectivity index (χ0v) is 7.73. The first-order chi connectivity index (χ1) is 6.31. The summed E-state index contributed by atoms with van der Waals surface area (Å²) < 4.78 is 0. The minimum atomic E-state index is 0.340. The average molecular weight is 175 g/mol. The highest BCUT2D eigenvalue weighted by Crippen LogP contribution is 2.21. The van der Waals surface area contributed by atoms with Crippen molar-refractivity contribution in [1.82, 2.24) is 4.90 Å². The molecule has 1 unspecified atom stereocenters. The van der Waals surface area contributed by atoms with Crippen LogP contribution in [0.5, 0.6) is 0 Å². The second-order valence-electron chi connectivity index (χ2n) is 3.60. The molecule has 2 rings (SSSR count). The molecular formula is C11H13NO. The van der Waals surface area contributed by atoms with Gasteiger partial charge >= 0.3 is 0 Å². The lowest BCUT2D eigenvalue weighted by molar-refractivity contribution is -0.120. The van der Waals surface area contributed by atoms with E-state index in [9.17, 15) is 4.79 Å². The first-order valence-corrected chi connectivity index (χ1v) is 4.59. The summed E-state index contributed by atoms with van der Waals surface area (Å²) in [5.74, 6) is 0. The first-order valence-electron chi connectivity index (χ1n) is 4.59. The molecule has 1 amide bonds. The van der Waals surface area contributed by atoms with E-state index in [-0.39, 0.29) is 0 Å². The van der Waals surface area contributed by atoms with Gasteiger partial charge in [0.2, 0.25) is 6.41 Å². The maximum Gasteiger partial charge on any atom is 0.210 e. The Labute approximate surface area is 78.2 Å². The third-order valence-electron chi connectivity index (χ3n) is 2.69. The van der Waals surface area contributed by atoms with E-state index in [1.807, 2.05) is 11.0 Å². The van der Waals surface area contributed by atoms with Crippen molar-refractivity contribution in [2.75, 3.05) is 0 Å². The normalized spacial score (nSPS) is 21.0. The fourth-order valence-corrected chi connectivity index (χ4v) is 1.84. The van der Waals surface area contributed by atoms with Crippen LogP contribution in [-0.4, -0.2) is 17.4 Å². The van der Waals surface area contributed by atoms with Crippen LogP contribution in [0.3, 0.4) is 0 Å². The Morgan fingerprint density at radius 1 is 1.38 bits per heavy atom. The van der Waals surface area contributed by atoms with Crippen molar-refractivity contribution in [2.24, 2.45) is 0 Å². The van der Waals surface area contributed by atoms with E-state index < -0.39 is 0 Å². The van der Waals surface area contributed by atoms with E-state index in [1.165, 1.54) is 11.1 Å². The molecule has 0 saturated carbocycles. The van der Waals surface area contributed by atoms with Crippen molar-refractivity contribution in [3.8, 4) is 0 Å². The van der Waals surface area contributed by atoms with Crippen molar-refractivity contribution in [3.63, 3.8) is 0 Å².